The lowest BCUT2D eigenvalue weighted by Crippen LogP contribution is -2.43. The Balaban J connectivity index is 2.04. The van der Waals surface area contributed by atoms with Crippen LogP contribution in [0.15, 0.2) is 17.1 Å². The highest BCUT2D eigenvalue weighted by atomic mass is 16.5. The van der Waals surface area contributed by atoms with Crippen molar-refractivity contribution in [3.05, 3.63) is 17.7 Å². The van der Waals surface area contributed by atoms with Crippen LogP contribution in [0.3, 0.4) is 0 Å². The number of benzene rings is 1. The fourth-order valence-corrected chi connectivity index (χ4v) is 2.56. The number of hydrogen-bond acceptors (Lipinski definition) is 5. The van der Waals surface area contributed by atoms with Crippen LogP contribution < -0.4 is 9.64 Å². The molecule has 1 saturated heterocycles. The van der Waals surface area contributed by atoms with Crippen molar-refractivity contribution in [2.45, 2.75) is 6.10 Å². The SMILES string of the molecule is CN(C)/C=N/c1ccc2c(c1C#N)OC[C@@H]1CN2CCO1. The first kappa shape index (κ1) is 13.7. The highest BCUT2D eigenvalue weighted by molar-refractivity contribution is 5.76. The van der Waals surface area contributed by atoms with E-state index >= 15 is 0 Å². The first-order valence-electron chi connectivity index (χ1n) is 6.96. The molecule has 2 heterocycles. The lowest BCUT2D eigenvalue weighted by molar-refractivity contribution is 0.0158. The Morgan fingerprint density at radius 3 is 3.10 bits per heavy atom. The predicted octanol–water partition coefficient (Wildman–Crippen LogP) is 1.38. The molecule has 0 spiro atoms. The second-order valence-corrected chi connectivity index (χ2v) is 5.38. The molecule has 0 aromatic heterocycles. The van der Waals surface area contributed by atoms with E-state index in [0.717, 1.165) is 18.8 Å². The summed E-state index contributed by atoms with van der Waals surface area (Å²) in [5.41, 5.74) is 2.07. The van der Waals surface area contributed by atoms with Gasteiger partial charge in [-0.25, -0.2) is 4.99 Å². The number of morpholine rings is 1. The molecule has 0 amide bonds. The molecule has 3 rings (SSSR count). The third-order valence-electron chi connectivity index (χ3n) is 3.55. The van der Waals surface area contributed by atoms with Crippen LogP contribution >= 0.6 is 0 Å². The van der Waals surface area contributed by atoms with E-state index in [2.05, 4.69) is 16.0 Å². The molecule has 0 saturated carbocycles. The molecular weight excluding hydrogens is 268 g/mol. The molecule has 1 aromatic carbocycles. The second kappa shape index (κ2) is 5.62. The van der Waals surface area contributed by atoms with Gasteiger partial charge < -0.3 is 19.3 Å². The Morgan fingerprint density at radius 1 is 1.48 bits per heavy atom. The van der Waals surface area contributed by atoms with E-state index in [9.17, 15) is 5.26 Å². The lowest BCUT2D eigenvalue weighted by atomic mass is 10.1. The number of nitriles is 1. The number of rotatable bonds is 2. The topological polar surface area (TPSA) is 61.1 Å². The van der Waals surface area contributed by atoms with Crippen LogP contribution in [0.4, 0.5) is 11.4 Å². The molecule has 0 N–H and O–H groups in total. The summed E-state index contributed by atoms with van der Waals surface area (Å²) in [7, 11) is 3.78. The van der Waals surface area contributed by atoms with Gasteiger partial charge in [-0.1, -0.05) is 0 Å². The fourth-order valence-electron chi connectivity index (χ4n) is 2.56. The van der Waals surface area contributed by atoms with Crippen LogP contribution in [0, 0.1) is 11.3 Å². The van der Waals surface area contributed by atoms with E-state index in [-0.39, 0.29) is 6.10 Å². The van der Waals surface area contributed by atoms with E-state index in [1.54, 1.807) is 6.34 Å². The summed E-state index contributed by atoms with van der Waals surface area (Å²) in [5, 5.41) is 9.50. The van der Waals surface area contributed by atoms with Gasteiger partial charge in [0.2, 0.25) is 0 Å². The van der Waals surface area contributed by atoms with Gasteiger partial charge in [0.05, 0.1) is 24.3 Å². The van der Waals surface area contributed by atoms with Gasteiger partial charge >= 0.3 is 0 Å². The van der Waals surface area contributed by atoms with Crippen molar-refractivity contribution in [3.8, 4) is 11.8 Å². The minimum Gasteiger partial charge on any atom is -0.487 e. The van der Waals surface area contributed by atoms with Gasteiger partial charge in [0.1, 0.15) is 24.3 Å². The maximum atomic E-state index is 9.50. The summed E-state index contributed by atoms with van der Waals surface area (Å²) in [6.45, 7) is 2.78. The van der Waals surface area contributed by atoms with Gasteiger partial charge in [0.15, 0.2) is 5.75 Å². The Labute approximate surface area is 124 Å². The number of nitrogens with zero attached hydrogens (tertiary/aromatic N) is 4. The fraction of sp³-hybridized carbons (Fsp3) is 0.467. The Hall–Kier alpha value is -2.26. The standard InChI is InChI=1S/C15H18N4O2/c1-18(2)10-17-13-3-4-14-15(12(13)7-16)21-9-11-8-19(14)5-6-20-11/h3-4,10-11H,5-6,8-9H2,1-2H3/b17-10+/t11-/m0/s1. The lowest BCUT2D eigenvalue weighted by Gasteiger charge is -2.31. The number of anilines is 1. The number of ether oxygens (including phenoxy) is 2. The third-order valence-corrected chi connectivity index (χ3v) is 3.55. The summed E-state index contributed by atoms with van der Waals surface area (Å²) in [6, 6.07) is 6.08. The molecule has 0 aliphatic carbocycles. The van der Waals surface area contributed by atoms with Gasteiger partial charge in [-0.3, -0.25) is 0 Å². The molecule has 0 unspecified atom stereocenters. The van der Waals surface area contributed by atoms with Crippen molar-refractivity contribution in [1.29, 1.82) is 5.26 Å². The maximum absolute atomic E-state index is 9.50. The van der Waals surface area contributed by atoms with Gasteiger partial charge in [0, 0.05) is 27.2 Å². The zero-order chi connectivity index (χ0) is 14.8. The first-order chi connectivity index (χ1) is 10.2. The molecule has 6 heteroatoms. The molecule has 1 atom stereocenters. The molecule has 2 aliphatic heterocycles. The smallest absolute Gasteiger partial charge is 0.162 e. The van der Waals surface area contributed by atoms with Crippen LogP contribution in [0.5, 0.6) is 5.75 Å². The summed E-state index contributed by atoms with van der Waals surface area (Å²) < 4.78 is 11.5. The monoisotopic (exact) mass is 286 g/mol. The molecule has 6 nitrogen and oxygen atoms in total. The van der Waals surface area contributed by atoms with Gasteiger partial charge in [0.25, 0.3) is 0 Å². The van der Waals surface area contributed by atoms with E-state index in [4.69, 9.17) is 9.47 Å². The molecule has 1 aromatic rings. The minimum atomic E-state index is 0.0615. The molecule has 2 aliphatic rings. The molecule has 1 fully saturated rings. The van der Waals surface area contributed by atoms with Crippen LogP contribution in [0.2, 0.25) is 0 Å². The zero-order valence-electron chi connectivity index (χ0n) is 12.2. The van der Waals surface area contributed by atoms with Crippen LogP contribution in [0.1, 0.15) is 5.56 Å². The van der Waals surface area contributed by atoms with Crippen LogP contribution in [0.25, 0.3) is 0 Å². The van der Waals surface area contributed by atoms with Gasteiger partial charge in [-0.05, 0) is 12.1 Å². The van der Waals surface area contributed by atoms with E-state index in [1.807, 2.05) is 31.1 Å². The quantitative estimate of drug-likeness (QED) is 0.607. The number of hydrogen-bond donors (Lipinski definition) is 0. The van der Waals surface area contributed by atoms with Crippen molar-refractivity contribution in [2.75, 3.05) is 45.3 Å². The second-order valence-electron chi connectivity index (χ2n) is 5.38. The Bertz CT molecular complexity index is 606. The Kier molecular flexibility index (Phi) is 3.67. The average molecular weight is 286 g/mol. The highest BCUT2D eigenvalue weighted by Gasteiger charge is 2.29. The van der Waals surface area contributed by atoms with Crippen molar-refractivity contribution in [3.63, 3.8) is 0 Å². The molecule has 21 heavy (non-hydrogen) atoms. The van der Waals surface area contributed by atoms with Gasteiger partial charge in [-0.15, -0.1) is 0 Å². The van der Waals surface area contributed by atoms with Crippen molar-refractivity contribution in [2.24, 2.45) is 4.99 Å². The molecule has 0 radical (unpaired) electrons. The minimum absolute atomic E-state index is 0.0615. The number of fused-ring (bicyclic) bond motifs is 4. The van der Waals surface area contributed by atoms with Gasteiger partial charge in [-0.2, -0.15) is 5.26 Å². The number of aliphatic imine (C=N–C) groups is 1. The van der Waals surface area contributed by atoms with Crippen molar-refractivity contribution < 1.29 is 9.47 Å². The molecule has 110 valence electrons. The van der Waals surface area contributed by atoms with E-state index in [0.29, 0.717) is 30.2 Å². The average Bonchev–Trinajstić information content (AvgIpc) is 2.61. The van der Waals surface area contributed by atoms with Crippen LogP contribution in [-0.4, -0.2) is 57.7 Å². The molecule has 2 bridgehead atoms. The third kappa shape index (κ3) is 2.65. The van der Waals surface area contributed by atoms with Crippen molar-refractivity contribution in [1.82, 2.24) is 4.90 Å². The normalized spacial score (nSPS) is 20.4. The zero-order valence-corrected chi connectivity index (χ0v) is 12.2. The van der Waals surface area contributed by atoms with E-state index < -0.39 is 0 Å². The summed E-state index contributed by atoms with van der Waals surface area (Å²) >= 11 is 0. The van der Waals surface area contributed by atoms with E-state index in [1.165, 1.54) is 0 Å². The van der Waals surface area contributed by atoms with Crippen molar-refractivity contribution >= 4 is 17.7 Å². The highest BCUT2D eigenvalue weighted by Crippen LogP contribution is 2.40. The largest absolute Gasteiger partial charge is 0.487 e. The molecular formula is C15H18N4O2. The predicted molar refractivity (Wildman–Crippen MR) is 80.4 cm³/mol. The summed E-state index contributed by atoms with van der Waals surface area (Å²) in [4.78, 5) is 8.40. The van der Waals surface area contributed by atoms with Crippen LogP contribution in [-0.2, 0) is 4.74 Å². The first-order valence-corrected chi connectivity index (χ1v) is 6.96. The summed E-state index contributed by atoms with van der Waals surface area (Å²) in [6.07, 6.45) is 1.74. The summed E-state index contributed by atoms with van der Waals surface area (Å²) in [5.74, 6) is 0.624. The Morgan fingerprint density at radius 2 is 2.33 bits per heavy atom. The maximum Gasteiger partial charge on any atom is 0.162 e.